The number of allylic oxidation sites excluding steroid dienone is 6. The molecule has 6 nitrogen and oxygen atoms in total. The monoisotopic (exact) mass is 829 g/mol. The van der Waals surface area contributed by atoms with Crippen molar-refractivity contribution in [2.75, 3.05) is 13.2 Å². The zero-order valence-corrected chi connectivity index (χ0v) is 39.3. The van der Waals surface area contributed by atoms with Crippen molar-refractivity contribution in [1.29, 1.82) is 0 Å². The molecule has 59 heavy (non-hydrogen) atoms. The number of esters is 3. The van der Waals surface area contributed by atoms with E-state index in [9.17, 15) is 14.4 Å². The number of carbonyl (C=O) groups excluding carboxylic acids is 3. The maximum Gasteiger partial charge on any atom is 0.306 e. The molecule has 0 radical (unpaired) electrons. The molecule has 0 amide bonds. The van der Waals surface area contributed by atoms with Gasteiger partial charge < -0.3 is 14.2 Å². The zero-order valence-electron chi connectivity index (χ0n) is 39.3. The van der Waals surface area contributed by atoms with Gasteiger partial charge in [0.2, 0.25) is 0 Å². The predicted molar refractivity (Wildman–Crippen MR) is 252 cm³/mol. The highest BCUT2D eigenvalue weighted by Gasteiger charge is 2.19. The van der Waals surface area contributed by atoms with Gasteiger partial charge in [-0.15, -0.1) is 0 Å². The number of rotatable bonds is 46. The Labute approximate surface area is 365 Å². The van der Waals surface area contributed by atoms with Crippen LogP contribution in [0.3, 0.4) is 0 Å². The van der Waals surface area contributed by atoms with E-state index in [0.717, 1.165) is 77.0 Å². The second kappa shape index (κ2) is 48.3. The summed E-state index contributed by atoms with van der Waals surface area (Å²) in [6, 6.07) is 0. The second-order valence-corrected chi connectivity index (χ2v) is 17.1. The lowest BCUT2D eigenvalue weighted by Crippen LogP contribution is -2.30. The molecule has 0 saturated carbocycles. The van der Waals surface area contributed by atoms with E-state index >= 15 is 0 Å². The summed E-state index contributed by atoms with van der Waals surface area (Å²) >= 11 is 0. The fourth-order valence-corrected chi connectivity index (χ4v) is 7.23. The van der Waals surface area contributed by atoms with Gasteiger partial charge in [-0.3, -0.25) is 14.4 Å². The molecule has 0 heterocycles. The standard InChI is InChI=1S/C53H96O6/c1-4-7-10-13-16-19-22-24-25-26-27-29-32-35-38-41-44-47-53(56)59-50(48-57-51(54)45-42-39-36-33-30-21-18-15-12-9-6-3)49-58-52(55)46-43-40-37-34-31-28-23-20-17-14-11-8-5-2/h16,19-20,23-25,50H,4-15,17-18,21-22,26-49H2,1-3H3/b19-16-,23-20-,25-24-/t50-/m0/s1. The van der Waals surface area contributed by atoms with Crippen LogP contribution in [0, 0.1) is 0 Å². The van der Waals surface area contributed by atoms with Gasteiger partial charge in [0, 0.05) is 19.3 Å². The van der Waals surface area contributed by atoms with Crippen molar-refractivity contribution < 1.29 is 28.6 Å². The first-order valence-electron chi connectivity index (χ1n) is 25.5. The summed E-state index contributed by atoms with van der Waals surface area (Å²) in [7, 11) is 0. The largest absolute Gasteiger partial charge is 0.462 e. The molecule has 0 aliphatic carbocycles. The molecule has 0 fully saturated rings. The Bertz CT molecular complexity index is 1000. The van der Waals surface area contributed by atoms with Crippen molar-refractivity contribution in [2.45, 2.75) is 271 Å². The van der Waals surface area contributed by atoms with E-state index in [1.165, 1.54) is 148 Å². The van der Waals surface area contributed by atoms with Gasteiger partial charge in [-0.2, -0.15) is 0 Å². The molecular weight excluding hydrogens is 733 g/mol. The molecule has 0 rings (SSSR count). The van der Waals surface area contributed by atoms with E-state index in [1.807, 2.05) is 0 Å². The minimum absolute atomic E-state index is 0.0754. The Morgan fingerprint density at radius 2 is 0.610 bits per heavy atom. The molecule has 6 heteroatoms. The summed E-state index contributed by atoms with van der Waals surface area (Å²) < 4.78 is 16.8. The lowest BCUT2D eigenvalue weighted by molar-refractivity contribution is -0.167. The molecular formula is C53H96O6. The molecule has 0 spiro atoms. The van der Waals surface area contributed by atoms with Gasteiger partial charge >= 0.3 is 17.9 Å². The molecule has 0 aromatic carbocycles. The highest BCUT2D eigenvalue weighted by atomic mass is 16.6. The van der Waals surface area contributed by atoms with Gasteiger partial charge in [0.25, 0.3) is 0 Å². The van der Waals surface area contributed by atoms with E-state index in [4.69, 9.17) is 14.2 Å². The second-order valence-electron chi connectivity index (χ2n) is 17.1. The summed E-state index contributed by atoms with van der Waals surface area (Å²) in [6.07, 6.45) is 55.5. The average molecular weight is 829 g/mol. The first-order valence-corrected chi connectivity index (χ1v) is 25.5. The van der Waals surface area contributed by atoms with Crippen LogP contribution in [0.25, 0.3) is 0 Å². The molecule has 0 aromatic heterocycles. The van der Waals surface area contributed by atoms with Crippen LogP contribution in [0.5, 0.6) is 0 Å². The predicted octanol–water partition coefficient (Wildman–Crippen LogP) is 16.5. The van der Waals surface area contributed by atoms with E-state index in [1.54, 1.807) is 0 Å². The third-order valence-electron chi connectivity index (χ3n) is 11.1. The Hall–Kier alpha value is -2.37. The average Bonchev–Trinajstić information content (AvgIpc) is 3.23. The number of hydrogen-bond donors (Lipinski definition) is 0. The van der Waals surface area contributed by atoms with Crippen LogP contribution >= 0.6 is 0 Å². The van der Waals surface area contributed by atoms with E-state index in [2.05, 4.69) is 57.2 Å². The fourth-order valence-electron chi connectivity index (χ4n) is 7.23. The van der Waals surface area contributed by atoms with Crippen molar-refractivity contribution in [3.63, 3.8) is 0 Å². The summed E-state index contributed by atoms with van der Waals surface area (Å²) in [6.45, 7) is 6.59. The normalized spacial score (nSPS) is 12.3. The van der Waals surface area contributed by atoms with Crippen LogP contribution in [-0.2, 0) is 28.6 Å². The Morgan fingerprint density at radius 3 is 1.00 bits per heavy atom. The minimum atomic E-state index is -0.775. The number of hydrogen-bond acceptors (Lipinski definition) is 6. The Balaban J connectivity index is 4.37. The quantitative estimate of drug-likeness (QED) is 0.0263. The highest BCUT2D eigenvalue weighted by molar-refractivity contribution is 5.71. The summed E-state index contributed by atoms with van der Waals surface area (Å²) in [5, 5.41) is 0. The van der Waals surface area contributed by atoms with Gasteiger partial charge in [0.05, 0.1) is 0 Å². The molecule has 344 valence electrons. The van der Waals surface area contributed by atoms with E-state index in [0.29, 0.717) is 19.3 Å². The molecule has 0 saturated heterocycles. The van der Waals surface area contributed by atoms with Gasteiger partial charge in [0.15, 0.2) is 6.10 Å². The van der Waals surface area contributed by atoms with Gasteiger partial charge in [-0.05, 0) is 77.0 Å². The first kappa shape index (κ1) is 56.6. The van der Waals surface area contributed by atoms with Crippen molar-refractivity contribution in [2.24, 2.45) is 0 Å². The maximum atomic E-state index is 12.8. The molecule has 1 atom stereocenters. The van der Waals surface area contributed by atoms with Crippen molar-refractivity contribution in [1.82, 2.24) is 0 Å². The number of unbranched alkanes of at least 4 members (excludes halogenated alkanes) is 29. The Kier molecular flexibility index (Phi) is 46.4. The van der Waals surface area contributed by atoms with Crippen LogP contribution in [0.1, 0.15) is 265 Å². The van der Waals surface area contributed by atoms with Crippen molar-refractivity contribution >= 4 is 17.9 Å². The van der Waals surface area contributed by atoms with E-state index < -0.39 is 6.10 Å². The van der Waals surface area contributed by atoms with Crippen LogP contribution < -0.4 is 0 Å². The SMILES string of the molecule is CCCCC/C=C\C/C=C\CCCCCCCCCC(=O)O[C@H](COC(=O)CCCCCCC/C=C\CCCCCC)COC(=O)CCCCCCCCCCCCC. The zero-order chi connectivity index (χ0) is 43.0. The summed E-state index contributed by atoms with van der Waals surface area (Å²) in [4.78, 5) is 37.9. The van der Waals surface area contributed by atoms with Gasteiger partial charge in [-0.25, -0.2) is 0 Å². The topological polar surface area (TPSA) is 78.9 Å². The minimum Gasteiger partial charge on any atom is -0.462 e. The molecule has 0 aromatic rings. The number of carbonyl (C=O) groups is 3. The lowest BCUT2D eigenvalue weighted by atomic mass is 10.1. The van der Waals surface area contributed by atoms with Crippen LogP contribution in [0.4, 0.5) is 0 Å². The Morgan fingerprint density at radius 1 is 0.339 bits per heavy atom. The fraction of sp³-hybridized carbons (Fsp3) is 0.830. The van der Waals surface area contributed by atoms with Crippen LogP contribution in [0.2, 0.25) is 0 Å². The number of ether oxygens (including phenoxy) is 3. The molecule has 0 unspecified atom stereocenters. The van der Waals surface area contributed by atoms with Crippen molar-refractivity contribution in [3.8, 4) is 0 Å². The van der Waals surface area contributed by atoms with Gasteiger partial charge in [0.1, 0.15) is 13.2 Å². The van der Waals surface area contributed by atoms with Crippen molar-refractivity contribution in [3.05, 3.63) is 36.5 Å². The van der Waals surface area contributed by atoms with Crippen LogP contribution in [0.15, 0.2) is 36.5 Å². The third-order valence-corrected chi connectivity index (χ3v) is 11.1. The first-order chi connectivity index (χ1) is 29.0. The summed E-state index contributed by atoms with van der Waals surface area (Å²) in [5.41, 5.74) is 0. The molecule has 0 aliphatic heterocycles. The lowest BCUT2D eigenvalue weighted by Gasteiger charge is -2.18. The molecule has 0 bridgehead atoms. The molecule has 0 aliphatic rings. The summed E-state index contributed by atoms with van der Waals surface area (Å²) in [5.74, 6) is -0.885. The van der Waals surface area contributed by atoms with Crippen LogP contribution in [-0.4, -0.2) is 37.2 Å². The van der Waals surface area contributed by atoms with Gasteiger partial charge in [-0.1, -0.05) is 205 Å². The highest BCUT2D eigenvalue weighted by Crippen LogP contribution is 2.15. The third kappa shape index (κ3) is 46.5. The molecule has 0 N–H and O–H groups in total. The van der Waals surface area contributed by atoms with E-state index in [-0.39, 0.29) is 31.1 Å². The smallest absolute Gasteiger partial charge is 0.306 e. The maximum absolute atomic E-state index is 12.8.